The van der Waals surface area contributed by atoms with E-state index < -0.39 is 0 Å². The Kier molecular flexibility index (Phi) is 5.02. The van der Waals surface area contributed by atoms with E-state index in [-0.39, 0.29) is 5.91 Å². The van der Waals surface area contributed by atoms with Crippen LogP contribution in [0.25, 0.3) is 16.6 Å². The second-order valence-corrected chi connectivity index (χ2v) is 9.68. The van der Waals surface area contributed by atoms with Gasteiger partial charge in [0.2, 0.25) is 0 Å². The van der Waals surface area contributed by atoms with Crippen LogP contribution in [-0.2, 0) is 7.05 Å². The highest BCUT2D eigenvalue weighted by Crippen LogP contribution is 2.32. The van der Waals surface area contributed by atoms with Gasteiger partial charge in [-0.1, -0.05) is 0 Å². The molecule has 0 spiro atoms. The summed E-state index contributed by atoms with van der Waals surface area (Å²) < 4.78 is 3.68. The zero-order chi connectivity index (χ0) is 23.4. The molecule has 1 amide bonds. The number of amides is 1. The van der Waals surface area contributed by atoms with E-state index in [1.165, 1.54) is 12.8 Å². The average molecular weight is 459 g/mol. The molecule has 1 aliphatic heterocycles. The molecule has 2 N–H and O–H groups in total. The molecule has 0 unspecified atom stereocenters. The maximum absolute atomic E-state index is 13.3. The third-order valence-electron chi connectivity index (χ3n) is 6.86. The molecule has 2 aliphatic rings. The molecule has 176 valence electrons. The Hall–Kier alpha value is -3.46. The number of benzene rings is 1. The average Bonchev–Trinajstić information content (AvgIpc) is 3.38. The van der Waals surface area contributed by atoms with E-state index >= 15 is 0 Å². The van der Waals surface area contributed by atoms with Crippen molar-refractivity contribution >= 4 is 34.0 Å². The molecule has 2 fully saturated rings. The zero-order valence-corrected chi connectivity index (χ0v) is 19.9. The van der Waals surface area contributed by atoms with Crippen molar-refractivity contribution in [2.45, 2.75) is 51.6 Å². The Morgan fingerprint density at radius 3 is 2.53 bits per heavy atom. The van der Waals surface area contributed by atoms with Crippen molar-refractivity contribution in [1.29, 1.82) is 0 Å². The second-order valence-electron chi connectivity index (χ2n) is 9.68. The lowest BCUT2D eigenvalue weighted by Gasteiger charge is -2.34. The maximum Gasteiger partial charge on any atom is 0.259 e. The number of aromatic nitrogens is 5. The van der Waals surface area contributed by atoms with E-state index in [9.17, 15) is 4.79 Å². The van der Waals surface area contributed by atoms with Crippen LogP contribution < -0.4 is 15.5 Å². The van der Waals surface area contributed by atoms with E-state index in [0.717, 1.165) is 60.1 Å². The lowest BCUT2D eigenvalue weighted by molar-refractivity contribution is 0.102. The molecule has 1 aliphatic carbocycles. The van der Waals surface area contributed by atoms with Gasteiger partial charge in [-0.15, -0.1) is 0 Å². The predicted molar refractivity (Wildman–Crippen MR) is 133 cm³/mol. The topological polar surface area (TPSA) is 92.4 Å². The van der Waals surface area contributed by atoms with Gasteiger partial charge in [0.15, 0.2) is 11.5 Å². The Morgan fingerprint density at radius 2 is 1.76 bits per heavy atom. The number of fused-ring (bicyclic) bond motifs is 2. The fourth-order valence-corrected chi connectivity index (χ4v) is 5.08. The van der Waals surface area contributed by atoms with Crippen LogP contribution in [0, 0.1) is 13.8 Å². The molecule has 0 radical (unpaired) electrons. The van der Waals surface area contributed by atoms with Gasteiger partial charge in [-0.2, -0.15) is 5.10 Å². The molecule has 4 heterocycles. The number of hydrogen-bond donors (Lipinski definition) is 2. The van der Waals surface area contributed by atoms with E-state index in [1.807, 2.05) is 50.0 Å². The van der Waals surface area contributed by atoms with Crippen LogP contribution in [0.5, 0.6) is 0 Å². The third kappa shape index (κ3) is 3.90. The minimum atomic E-state index is -0.215. The molecule has 3 aromatic heterocycles. The van der Waals surface area contributed by atoms with Crippen LogP contribution in [0.15, 0.2) is 30.7 Å². The molecule has 1 saturated carbocycles. The third-order valence-corrected chi connectivity index (χ3v) is 6.86. The fourth-order valence-electron chi connectivity index (χ4n) is 5.08. The van der Waals surface area contributed by atoms with Crippen molar-refractivity contribution in [3.8, 4) is 0 Å². The van der Waals surface area contributed by atoms with Crippen molar-refractivity contribution < 1.29 is 4.79 Å². The summed E-state index contributed by atoms with van der Waals surface area (Å²) in [5, 5.41) is 12.4. The Bertz CT molecular complexity index is 1390. The second kappa shape index (κ2) is 8.09. The smallest absolute Gasteiger partial charge is 0.259 e. The fraction of sp³-hybridized carbons (Fsp3) is 0.440. The minimum absolute atomic E-state index is 0.215. The van der Waals surface area contributed by atoms with Crippen molar-refractivity contribution in [2.75, 3.05) is 23.3 Å². The van der Waals surface area contributed by atoms with Crippen LogP contribution in [-0.4, -0.2) is 55.2 Å². The summed E-state index contributed by atoms with van der Waals surface area (Å²) in [6, 6.07) is 5.32. The highest BCUT2D eigenvalue weighted by Gasteiger charge is 2.28. The number of hydrogen-bond acceptors (Lipinski definition) is 6. The number of aryl methyl sites for hydroxylation is 3. The molecule has 0 atom stereocenters. The first-order valence-corrected chi connectivity index (χ1v) is 12.1. The molecule has 1 saturated heterocycles. The van der Waals surface area contributed by atoms with Crippen molar-refractivity contribution in [2.24, 2.45) is 7.05 Å². The summed E-state index contributed by atoms with van der Waals surface area (Å²) in [5.74, 6) is 0.284. The molecule has 1 aromatic carbocycles. The number of nitrogens with one attached hydrogen (secondary N) is 2. The van der Waals surface area contributed by atoms with Gasteiger partial charge < -0.3 is 19.9 Å². The molecule has 9 heteroatoms. The SMILES string of the molecule is Cc1cn2cc(NC(=O)c3ccc(N4CCC(NC5CC5)CC4)c4cn(C)nc34)nc2c(C)n1. The highest BCUT2D eigenvalue weighted by molar-refractivity contribution is 6.13. The summed E-state index contributed by atoms with van der Waals surface area (Å²) in [4.78, 5) is 24.7. The Labute approximate surface area is 198 Å². The molecular weight excluding hydrogens is 428 g/mol. The first-order chi connectivity index (χ1) is 16.4. The summed E-state index contributed by atoms with van der Waals surface area (Å²) >= 11 is 0. The van der Waals surface area contributed by atoms with Gasteiger partial charge in [0.05, 0.1) is 23.1 Å². The number of imidazole rings is 1. The number of rotatable bonds is 5. The minimum Gasteiger partial charge on any atom is -0.371 e. The first kappa shape index (κ1) is 21.1. The lowest BCUT2D eigenvalue weighted by atomic mass is 10.0. The summed E-state index contributed by atoms with van der Waals surface area (Å²) in [6.07, 6.45) is 10.7. The molecule has 6 rings (SSSR count). The monoisotopic (exact) mass is 458 g/mol. The summed E-state index contributed by atoms with van der Waals surface area (Å²) in [6.45, 7) is 5.88. The molecule has 4 aromatic rings. The van der Waals surface area contributed by atoms with Crippen molar-refractivity contribution in [3.63, 3.8) is 0 Å². The van der Waals surface area contributed by atoms with Crippen LogP contribution >= 0.6 is 0 Å². The van der Waals surface area contributed by atoms with Gasteiger partial charge in [0.1, 0.15) is 5.52 Å². The number of piperidine rings is 1. The van der Waals surface area contributed by atoms with Crippen molar-refractivity contribution in [1.82, 2.24) is 29.5 Å². The number of anilines is 2. The molecule has 34 heavy (non-hydrogen) atoms. The number of nitrogens with zero attached hydrogens (tertiary/aromatic N) is 6. The lowest BCUT2D eigenvalue weighted by Crippen LogP contribution is -2.43. The van der Waals surface area contributed by atoms with Gasteiger partial charge in [0.25, 0.3) is 5.91 Å². The number of carbonyl (C=O) groups excluding carboxylic acids is 1. The van der Waals surface area contributed by atoms with Crippen LogP contribution in [0.1, 0.15) is 47.4 Å². The van der Waals surface area contributed by atoms with Gasteiger partial charge in [-0.25, -0.2) is 4.98 Å². The first-order valence-electron chi connectivity index (χ1n) is 12.1. The summed E-state index contributed by atoms with van der Waals surface area (Å²) in [7, 11) is 1.90. The summed E-state index contributed by atoms with van der Waals surface area (Å²) in [5.41, 5.74) is 4.88. The molecule has 0 bridgehead atoms. The highest BCUT2D eigenvalue weighted by atomic mass is 16.1. The van der Waals surface area contributed by atoms with Gasteiger partial charge in [0, 0.05) is 55.7 Å². The van der Waals surface area contributed by atoms with Gasteiger partial charge in [-0.05, 0) is 51.7 Å². The maximum atomic E-state index is 13.3. The standard InChI is InChI=1S/C25H30N8O/c1-15-12-33-14-22(28-24(33)16(2)26-15)29-25(34)19-6-7-21(20-13-31(3)30-23(19)20)32-10-8-18(9-11-32)27-17-4-5-17/h6-7,12-14,17-18,27H,4-5,8-11H2,1-3H3,(H,29,34). The van der Waals surface area contributed by atoms with Gasteiger partial charge >= 0.3 is 0 Å². The molecular formula is C25H30N8O. The Morgan fingerprint density at radius 1 is 1.00 bits per heavy atom. The Balaban J connectivity index is 1.26. The van der Waals surface area contributed by atoms with E-state index in [0.29, 0.717) is 22.9 Å². The normalized spacial score (nSPS) is 17.1. The van der Waals surface area contributed by atoms with E-state index in [1.54, 1.807) is 4.68 Å². The number of carbonyl (C=O) groups is 1. The van der Waals surface area contributed by atoms with E-state index in [4.69, 9.17) is 0 Å². The van der Waals surface area contributed by atoms with Crippen LogP contribution in [0.3, 0.4) is 0 Å². The largest absolute Gasteiger partial charge is 0.371 e. The van der Waals surface area contributed by atoms with Crippen LogP contribution in [0.2, 0.25) is 0 Å². The molecule has 9 nitrogen and oxygen atoms in total. The van der Waals surface area contributed by atoms with E-state index in [2.05, 4.69) is 36.7 Å². The quantitative estimate of drug-likeness (QED) is 0.477. The zero-order valence-electron chi connectivity index (χ0n) is 19.9. The van der Waals surface area contributed by atoms with Gasteiger partial charge in [-0.3, -0.25) is 14.5 Å². The van der Waals surface area contributed by atoms with Crippen LogP contribution in [0.4, 0.5) is 11.5 Å². The predicted octanol–water partition coefficient (Wildman–Crippen LogP) is 3.21. The van der Waals surface area contributed by atoms with Crippen molar-refractivity contribution in [3.05, 3.63) is 47.7 Å².